The second-order valence-electron chi connectivity index (χ2n) is 5.25. The van der Waals surface area contributed by atoms with E-state index in [0.29, 0.717) is 6.04 Å². The molecule has 1 saturated carbocycles. The number of hydrogen-bond acceptors (Lipinski definition) is 3. The molecule has 0 aliphatic heterocycles. The van der Waals surface area contributed by atoms with E-state index in [1.165, 1.54) is 24.0 Å². The number of aromatic nitrogens is 1. The Bertz CT molecular complexity index is 579. The van der Waals surface area contributed by atoms with Crippen LogP contribution in [0.1, 0.15) is 30.9 Å². The topological polar surface area (TPSA) is 34.1 Å². The van der Waals surface area contributed by atoms with Gasteiger partial charge < -0.3 is 10.1 Å². The molecule has 1 heterocycles. The Morgan fingerprint density at radius 2 is 2.10 bits per heavy atom. The molecule has 1 N–H and O–H groups in total. The third-order valence-corrected chi connectivity index (χ3v) is 3.52. The Kier molecular flexibility index (Phi) is 3.97. The molecule has 1 fully saturated rings. The summed E-state index contributed by atoms with van der Waals surface area (Å²) in [7, 11) is 0. The van der Waals surface area contributed by atoms with Gasteiger partial charge in [0.2, 0.25) is 0 Å². The zero-order valence-corrected chi connectivity index (χ0v) is 11.8. The molecule has 0 unspecified atom stereocenters. The lowest BCUT2D eigenvalue weighted by molar-refractivity contribution is 0.473. The fourth-order valence-electron chi connectivity index (χ4n) is 2.19. The lowest BCUT2D eigenvalue weighted by Crippen LogP contribution is -2.15. The number of nitrogens with zero attached hydrogens (tertiary/aromatic N) is 1. The maximum absolute atomic E-state index is 5.97. The molecule has 0 atom stereocenters. The Morgan fingerprint density at radius 1 is 1.25 bits per heavy atom. The molecule has 0 amide bonds. The van der Waals surface area contributed by atoms with Crippen LogP contribution in [0.5, 0.6) is 11.5 Å². The van der Waals surface area contributed by atoms with Crippen LogP contribution >= 0.6 is 0 Å². The van der Waals surface area contributed by atoms with E-state index >= 15 is 0 Å². The van der Waals surface area contributed by atoms with Crippen LogP contribution in [0.15, 0.2) is 42.7 Å². The smallest absolute Gasteiger partial charge is 0.146 e. The second kappa shape index (κ2) is 6.06. The summed E-state index contributed by atoms with van der Waals surface area (Å²) < 4.78 is 5.97. The highest BCUT2D eigenvalue weighted by atomic mass is 16.5. The SMILES string of the molecule is CCc1ccccc1Oc1cncc(CNC2CC2)c1. The van der Waals surface area contributed by atoms with Crippen LogP contribution in [0.3, 0.4) is 0 Å². The summed E-state index contributed by atoms with van der Waals surface area (Å²) in [6.45, 7) is 3.00. The Hall–Kier alpha value is -1.87. The lowest BCUT2D eigenvalue weighted by atomic mass is 10.1. The van der Waals surface area contributed by atoms with Crippen molar-refractivity contribution in [2.45, 2.75) is 38.8 Å². The summed E-state index contributed by atoms with van der Waals surface area (Å²) in [5, 5.41) is 3.49. The average Bonchev–Trinajstić information content (AvgIpc) is 3.30. The van der Waals surface area contributed by atoms with Crippen LogP contribution in [0.4, 0.5) is 0 Å². The molecule has 1 aromatic carbocycles. The lowest BCUT2D eigenvalue weighted by Gasteiger charge is -2.10. The number of pyridine rings is 1. The molecule has 0 saturated heterocycles. The molecule has 2 aromatic rings. The van der Waals surface area contributed by atoms with E-state index < -0.39 is 0 Å². The van der Waals surface area contributed by atoms with Crippen LogP contribution in [0.25, 0.3) is 0 Å². The largest absolute Gasteiger partial charge is 0.455 e. The Morgan fingerprint density at radius 3 is 2.90 bits per heavy atom. The first-order valence-electron chi connectivity index (χ1n) is 7.28. The van der Waals surface area contributed by atoms with Gasteiger partial charge in [0.1, 0.15) is 11.5 Å². The van der Waals surface area contributed by atoms with Crippen molar-refractivity contribution in [3.8, 4) is 11.5 Å². The molecule has 20 heavy (non-hydrogen) atoms. The zero-order chi connectivity index (χ0) is 13.8. The van der Waals surface area contributed by atoms with Crippen LogP contribution in [0.2, 0.25) is 0 Å². The van der Waals surface area contributed by atoms with Crippen molar-refractivity contribution in [2.24, 2.45) is 0 Å². The monoisotopic (exact) mass is 268 g/mol. The standard InChI is InChI=1S/C17H20N2O/c1-2-14-5-3-4-6-17(14)20-16-9-13(10-18-12-16)11-19-15-7-8-15/h3-6,9-10,12,15,19H,2,7-8,11H2,1H3. The van der Waals surface area contributed by atoms with Crippen molar-refractivity contribution in [1.29, 1.82) is 0 Å². The number of ether oxygens (including phenoxy) is 1. The van der Waals surface area contributed by atoms with E-state index in [2.05, 4.69) is 29.4 Å². The third-order valence-electron chi connectivity index (χ3n) is 3.52. The fraction of sp³-hybridized carbons (Fsp3) is 0.353. The number of rotatable bonds is 6. The van der Waals surface area contributed by atoms with Gasteiger partial charge in [0.05, 0.1) is 6.20 Å². The predicted octanol–water partition coefficient (Wildman–Crippen LogP) is 3.69. The van der Waals surface area contributed by atoms with Crippen molar-refractivity contribution in [2.75, 3.05) is 0 Å². The first kappa shape index (κ1) is 13.1. The summed E-state index contributed by atoms with van der Waals surface area (Å²) in [6.07, 6.45) is 7.23. The highest BCUT2D eigenvalue weighted by Gasteiger charge is 2.20. The first-order valence-corrected chi connectivity index (χ1v) is 7.28. The highest BCUT2D eigenvalue weighted by Crippen LogP contribution is 2.26. The van der Waals surface area contributed by atoms with Crippen LogP contribution in [-0.4, -0.2) is 11.0 Å². The quantitative estimate of drug-likeness (QED) is 0.867. The molecule has 1 aliphatic carbocycles. The minimum Gasteiger partial charge on any atom is -0.455 e. The number of benzene rings is 1. The van der Waals surface area contributed by atoms with Gasteiger partial charge in [-0.2, -0.15) is 0 Å². The number of aryl methyl sites for hydroxylation is 1. The molecule has 0 spiro atoms. The zero-order valence-electron chi connectivity index (χ0n) is 11.8. The number of nitrogens with one attached hydrogen (secondary N) is 1. The fourth-order valence-corrected chi connectivity index (χ4v) is 2.19. The van der Waals surface area contributed by atoms with Crippen LogP contribution in [-0.2, 0) is 13.0 Å². The molecule has 3 rings (SSSR count). The molecule has 1 aromatic heterocycles. The van der Waals surface area contributed by atoms with Gasteiger partial charge in [-0.1, -0.05) is 25.1 Å². The second-order valence-corrected chi connectivity index (χ2v) is 5.25. The van der Waals surface area contributed by atoms with Crippen molar-refractivity contribution in [3.63, 3.8) is 0 Å². The maximum atomic E-state index is 5.97. The minimum atomic E-state index is 0.709. The molecule has 3 heteroatoms. The first-order chi connectivity index (χ1) is 9.85. The minimum absolute atomic E-state index is 0.709. The van der Waals surface area contributed by atoms with Gasteiger partial charge in [-0.25, -0.2) is 0 Å². The van der Waals surface area contributed by atoms with Crippen molar-refractivity contribution >= 4 is 0 Å². The van der Waals surface area contributed by atoms with Gasteiger partial charge in [0, 0.05) is 18.8 Å². The van der Waals surface area contributed by atoms with Gasteiger partial charge in [-0.3, -0.25) is 4.98 Å². The molecule has 0 bridgehead atoms. The van der Waals surface area contributed by atoms with E-state index in [-0.39, 0.29) is 0 Å². The van der Waals surface area contributed by atoms with Crippen molar-refractivity contribution in [1.82, 2.24) is 10.3 Å². The van der Waals surface area contributed by atoms with Gasteiger partial charge in [-0.05, 0) is 42.5 Å². The average molecular weight is 268 g/mol. The molecule has 3 nitrogen and oxygen atoms in total. The van der Waals surface area contributed by atoms with Gasteiger partial charge >= 0.3 is 0 Å². The van der Waals surface area contributed by atoms with Crippen molar-refractivity contribution in [3.05, 3.63) is 53.9 Å². The Labute approximate surface area is 120 Å². The summed E-state index contributed by atoms with van der Waals surface area (Å²) in [5.41, 5.74) is 2.39. The highest BCUT2D eigenvalue weighted by molar-refractivity contribution is 5.37. The van der Waals surface area contributed by atoms with Gasteiger partial charge in [0.15, 0.2) is 0 Å². The van der Waals surface area contributed by atoms with Crippen molar-refractivity contribution < 1.29 is 4.74 Å². The van der Waals surface area contributed by atoms with E-state index in [1.54, 1.807) is 6.20 Å². The summed E-state index contributed by atoms with van der Waals surface area (Å²) in [6, 6.07) is 10.9. The molecular weight excluding hydrogens is 248 g/mol. The van der Waals surface area contributed by atoms with E-state index in [1.807, 2.05) is 24.4 Å². The Balaban J connectivity index is 1.71. The van der Waals surface area contributed by atoms with E-state index in [9.17, 15) is 0 Å². The summed E-state index contributed by atoms with van der Waals surface area (Å²) >= 11 is 0. The molecule has 1 aliphatic rings. The predicted molar refractivity (Wildman–Crippen MR) is 80.0 cm³/mol. The van der Waals surface area contributed by atoms with Gasteiger partial charge in [-0.15, -0.1) is 0 Å². The van der Waals surface area contributed by atoms with E-state index in [0.717, 1.165) is 24.5 Å². The maximum Gasteiger partial charge on any atom is 0.146 e. The molecular formula is C17H20N2O. The summed E-state index contributed by atoms with van der Waals surface area (Å²) in [4.78, 5) is 4.27. The molecule has 0 radical (unpaired) electrons. The van der Waals surface area contributed by atoms with Crippen LogP contribution in [0, 0.1) is 0 Å². The third kappa shape index (κ3) is 3.36. The van der Waals surface area contributed by atoms with E-state index in [4.69, 9.17) is 4.74 Å². The summed E-state index contributed by atoms with van der Waals surface area (Å²) in [5.74, 6) is 1.73. The normalized spacial score (nSPS) is 14.2. The number of para-hydroxylation sites is 1. The number of hydrogen-bond donors (Lipinski definition) is 1. The van der Waals surface area contributed by atoms with Crippen LogP contribution < -0.4 is 10.1 Å². The molecule has 104 valence electrons. The van der Waals surface area contributed by atoms with Gasteiger partial charge in [0.25, 0.3) is 0 Å².